The van der Waals surface area contributed by atoms with E-state index in [2.05, 4.69) is 27.3 Å². The first-order valence-electron chi connectivity index (χ1n) is 6.46. The third-order valence-corrected chi connectivity index (χ3v) is 5.26. The summed E-state index contributed by atoms with van der Waals surface area (Å²) in [6.45, 7) is 0.584. The van der Waals surface area contributed by atoms with Gasteiger partial charge in [-0.2, -0.15) is 0 Å². The van der Waals surface area contributed by atoms with E-state index in [1.807, 2.05) is 11.3 Å². The van der Waals surface area contributed by atoms with Crippen molar-refractivity contribution in [2.24, 2.45) is 0 Å². The van der Waals surface area contributed by atoms with Crippen LogP contribution in [-0.2, 0) is 19.4 Å². The Kier molecular flexibility index (Phi) is 4.15. The highest BCUT2D eigenvalue weighted by molar-refractivity contribution is 9.10. The Morgan fingerprint density at radius 3 is 2.90 bits per heavy atom. The predicted octanol–water partition coefficient (Wildman–Crippen LogP) is 4.58. The lowest BCUT2D eigenvalue weighted by atomic mass is 10.2. The van der Waals surface area contributed by atoms with E-state index in [4.69, 9.17) is 11.6 Å². The topological polar surface area (TPSA) is 29.1 Å². The van der Waals surface area contributed by atoms with Crippen molar-refractivity contribution in [3.63, 3.8) is 0 Å². The lowest BCUT2D eigenvalue weighted by Crippen LogP contribution is -2.22. The molecule has 0 saturated heterocycles. The van der Waals surface area contributed by atoms with Crippen LogP contribution in [0.4, 0.5) is 0 Å². The van der Waals surface area contributed by atoms with Crippen LogP contribution in [0.25, 0.3) is 0 Å². The molecule has 0 radical (unpaired) electrons. The van der Waals surface area contributed by atoms with E-state index in [1.165, 1.54) is 34.6 Å². The summed E-state index contributed by atoms with van der Waals surface area (Å²) in [5.74, 6) is -0.0956. The van der Waals surface area contributed by atoms with Crippen LogP contribution in [-0.4, -0.2) is 5.91 Å². The third kappa shape index (κ3) is 3.08. The monoisotopic (exact) mass is 369 g/mol. The van der Waals surface area contributed by atoms with Crippen LogP contribution < -0.4 is 5.32 Å². The number of nitrogens with one attached hydrogen (secondary N) is 1. The van der Waals surface area contributed by atoms with Gasteiger partial charge < -0.3 is 5.32 Å². The average molecular weight is 371 g/mol. The zero-order valence-corrected chi connectivity index (χ0v) is 13.9. The minimum absolute atomic E-state index is 0.0956. The number of carbonyl (C=O) groups is 1. The number of aryl methyl sites for hydroxylation is 2. The average Bonchev–Trinajstić information content (AvgIpc) is 2.95. The van der Waals surface area contributed by atoms with Crippen molar-refractivity contribution in [1.82, 2.24) is 5.32 Å². The summed E-state index contributed by atoms with van der Waals surface area (Å²) in [5, 5.41) is 3.51. The zero-order valence-electron chi connectivity index (χ0n) is 10.7. The highest BCUT2D eigenvalue weighted by Crippen LogP contribution is 2.30. The van der Waals surface area contributed by atoms with Crippen molar-refractivity contribution in [1.29, 1.82) is 0 Å². The van der Waals surface area contributed by atoms with Crippen LogP contribution in [0.15, 0.2) is 28.7 Å². The van der Waals surface area contributed by atoms with E-state index >= 15 is 0 Å². The lowest BCUT2D eigenvalue weighted by Gasteiger charge is -2.05. The Labute approximate surface area is 135 Å². The van der Waals surface area contributed by atoms with Gasteiger partial charge >= 0.3 is 0 Å². The lowest BCUT2D eigenvalue weighted by molar-refractivity contribution is 0.0951. The zero-order chi connectivity index (χ0) is 14.1. The largest absolute Gasteiger partial charge is 0.347 e. The van der Waals surface area contributed by atoms with Gasteiger partial charge in [-0.05, 0) is 49.1 Å². The molecule has 20 heavy (non-hydrogen) atoms. The molecule has 0 bridgehead atoms. The van der Waals surface area contributed by atoms with Crippen molar-refractivity contribution < 1.29 is 4.79 Å². The Bertz CT molecular complexity index is 626. The molecule has 2 aromatic rings. The van der Waals surface area contributed by atoms with E-state index < -0.39 is 0 Å². The minimum Gasteiger partial charge on any atom is -0.347 e. The molecule has 0 spiro atoms. The van der Waals surface area contributed by atoms with Gasteiger partial charge in [0, 0.05) is 24.8 Å². The Morgan fingerprint density at radius 2 is 2.15 bits per heavy atom. The third-order valence-electron chi connectivity index (χ3n) is 3.35. The highest BCUT2D eigenvalue weighted by atomic mass is 79.9. The van der Waals surface area contributed by atoms with Gasteiger partial charge in [0.15, 0.2) is 0 Å². The van der Waals surface area contributed by atoms with Crippen LogP contribution in [0.5, 0.6) is 0 Å². The SMILES string of the molecule is O=C(NCc1cc2c(s1)CCC2)c1cc(Cl)cc(Br)c1. The van der Waals surface area contributed by atoms with Gasteiger partial charge in [-0.25, -0.2) is 0 Å². The maximum Gasteiger partial charge on any atom is 0.251 e. The first-order valence-corrected chi connectivity index (χ1v) is 8.45. The molecule has 1 N–H and O–H groups in total. The summed E-state index contributed by atoms with van der Waals surface area (Å²) in [7, 11) is 0. The van der Waals surface area contributed by atoms with Crippen LogP contribution in [0.2, 0.25) is 5.02 Å². The molecule has 1 amide bonds. The first-order chi connectivity index (χ1) is 9.61. The number of hydrogen-bond acceptors (Lipinski definition) is 2. The molecular weight excluding hydrogens is 358 g/mol. The molecule has 1 aromatic heterocycles. The number of amides is 1. The number of hydrogen-bond donors (Lipinski definition) is 1. The molecule has 1 aliphatic rings. The van der Waals surface area contributed by atoms with Crippen LogP contribution in [0.1, 0.15) is 32.1 Å². The second-order valence-electron chi connectivity index (χ2n) is 4.86. The normalized spacial score (nSPS) is 13.3. The van der Waals surface area contributed by atoms with Crippen LogP contribution in [0.3, 0.4) is 0 Å². The molecule has 3 rings (SSSR count). The van der Waals surface area contributed by atoms with Crippen LogP contribution >= 0.6 is 38.9 Å². The minimum atomic E-state index is -0.0956. The van der Waals surface area contributed by atoms with Gasteiger partial charge in [0.25, 0.3) is 5.91 Å². The highest BCUT2D eigenvalue weighted by Gasteiger charge is 2.15. The molecule has 1 heterocycles. The van der Waals surface area contributed by atoms with E-state index in [9.17, 15) is 4.79 Å². The second-order valence-corrected chi connectivity index (χ2v) is 7.43. The summed E-state index contributed by atoms with van der Waals surface area (Å²) in [5.41, 5.74) is 2.04. The number of fused-ring (bicyclic) bond motifs is 1. The van der Waals surface area contributed by atoms with Gasteiger partial charge in [0.05, 0.1) is 6.54 Å². The summed E-state index contributed by atoms with van der Waals surface area (Å²) in [4.78, 5) is 14.8. The fraction of sp³-hybridized carbons (Fsp3) is 0.267. The molecule has 0 saturated carbocycles. The molecule has 2 nitrogen and oxygen atoms in total. The molecule has 0 aliphatic heterocycles. The van der Waals surface area contributed by atoms with Gasteiger partial charge in [-0.1, -0.05) is 27.5 Å². The van der Waals surface area contributed by atoms with Crippen molar-refractivity contribution in [2.75, 3.05) is 0 Å². The molecule has 0 atom stereocenters. The molecule has 0 unspecified atom stereocenters. The molecule has 1 aromatic carbocycles. The molecule has 0 fully saturated rings. The molecule has 1 aliphatic carbocycles. The number of thiophene rings is 1. The summed E-state index contributed by atoms with van der Waals surface area (Å²) < 4.78 is 0.810. The Balaban J connectivity index is 1.66. The first kappa shape index (κ1) is 14.1. The van der Waals surface area contributed by atoms with Gasteiger partial charge in [0.2, 0.25) is 0 Å². The van der Waals surface area contributed by atoms with E-state index in [-0.39, 0.29) is 5.91 Å². The van der Waals surface area contributed by atoms with E-state index in [1.54, 1.807) is 18.2 Å². The van der Waals surface area contributed by atoms with Gasteiger partial charge in [0.1, 0.15) is 0 Å². The Morgan fingerprint density at radius 1 is 1.30 bits per heavy atom. The summed E-state index contributed by atoms with van der Waals surface area (Å²) in [6.07, 6.45) is 3.64. The van der Waals surface area contributed by atoms with E-state index in [0.717, 1.165) is 4.47 Å². The van der Waals surface area contributed by atoms with E-state index in [0.29, 0.717) is 17.1 Å². The Hall–Kier alpha value is -0.840. The smallest absolute Gasteiger partial charge is 0.251 e. The van der Waals surface area contributed by atoms with Crippen LogP contribution in [0, 0.1) is 0 Å². The number of rotatable bonds is 3. The fourth-order valence-electron chi connectivity index (χ4n) is 2.43. The number of carbonyl (C=O) groups excluding carboxylic acids is 1. The summed E-state index contributed by atoms with van der Waals surface area (Å²) >= 11 is 11.1. The van der Waals surface area contributed by atoms with Crippen molar-refractivity contribution in [3.8, 4) is 0 Å². The maximum atomic E-state index is 12.1. The quantitative estimate of drug-likeness (QED) is 0.841. The summed E-state index contributed by atoms with van der Waals surface area (Å²) in [6, 6.07) is 7.44. The standard InChI is InChI=1S/C15H13BrClNOS/c16-11-4-10(5-12(17)7-11)15(19)18-8-13-6-9-2-1-3-14(9)20-13/h4-7H,1-3,8H2,(H,18,19). The number of halogens is 2. The second kappa shape index (κ2) is 5.88. The van der Waals surface area contributed by atoms with Crippen molar-refractivity contribution >= 4 is 44.8 Å². The van der Waals surface area contributed by atoms with Crippen molar-refractivity contribution in [2.45, 2.75) is 25.8 Å². The molecule has 104 valence electrons. The van der Waals surface area contributed by atoms with Crippen molar-refractivity contribution in [3.05, 3.63) is 54.6 Å². The van der Waals surface area contributed by atoms with Gasteiger partial charge in [-0.15, -0.1) is 11.3 Å². The molecular formula is C15H13BrClNOS. The maximum absolute atomic E-state index is 12.1. The predicted molar refractivity (Wildman–Crippen MR) is 86.7 cm³/mol. The number of benzene rings is 1. The molecule has 5 heteroatoms. The van der Waals surface area contributed by atoms with Gasteiger partial charge in [-0.3, -0.25) is 4.79 Å². The fourth-order valence-corrected chi connectivity index (χ4v) is 4.49.